The molecule has 0 bridgehead atoms. The normalized spacial score (nSPS) is 14.9. The molecule has 194 valence electrons. The van der Waals surface area contributed by atoms with Gasteiger partial charge in [-0.05, 0) is 55.3 Å². The van der Waals surface area contributed by atoms with E-state index in [9.17, 15) is 0 Å². The van der Waals surface area contributed by atoms with Gasteiger partial charge < -0.3 is 34.2 Å². The Labute approximate surface area is 213 Å². The van der Waals surface area contributed by atoms with Crippen molar-refractivity contribution in [3.63, 3.8) is 0 Å². The van der Waals surface area contributed by atoms with Crippen LogP contribution < -0.4 is 29.4 Å². The van der Waals surface area contributed by atoms with E-state index in [2.05, 4.69) is 6.92 Å². The Morgan fingerprint density at radius 1 is 1.00 bits per heavy atom. The molecule has 35 heavy (non-hydrogen) atoms. The second kappa shape index (κ2) is 16.2. The zero-order valence-electron chi connectivity index (χ0n) is 21.5. The Hall–Kier alpha value is -2.55. The van der Waals surface area contributed by atoms with Crippen LogP contribution in [0.3, 0.4) is 0 Å². The molecule has 0 spiro atoms. The molecule has 1 heterocycles. The zero-order valence-corrected chi connectivity index (χ0v) is 22.3. The van der Waals surface area contributed by atoms with E-state index < -0.39 is 0 Å². The third kappa shape index (κ3) is 8.56. The number of benzene rings is 2. The summed E-state index contributed by atoms with van der Waals surface area (Å²) < 4.78 is 33.1. The first kappa shape index (κ1) is 28.7. The summed E-state index contributed by atoms with van der Waals surface area (Å²) in [5.74, 6) is 3.61. The number of hydrogen-bond acceptors (Lipinski definition) is 8. The van der Waals surface area contributed by atoms with Gasteiger partial charge in [-0.25, -0.2) is 0 Å². The largest absolute Gasteiger partial charge is 0.493 e. The van der Waals surface area contributed by atoms with Crippen molar-refractivity contribution in [1.82, 2.24) is 0 Å². The number of para-hydroxylation sites is 1. The molecule has 3 rings (SSSR count). The number of nitrogens with two attached hydrogens (primary N) is 1. The summed E-state index contributed by atoms with van der Waals surface area (Å²) in [7, 11) is 4.85. The van der Waals surface area contributed by atoms with E-state index in [4.69, 9.17) is 34.2 Å². The van der Waals surface area contributed by atoms with Crippen molar-refractivity contribution in [3.05, 3.63) is 48.0 Å². The van der Waals surface area contributed by atoms with E-state index in [-0.39, 0.29) is 6.10 Å². The molecule has 2 aromatic carbocycles. The van der Waals surface area contributed by atoms with Gasteiger partial charge in [0.2, 0.25) is 5.75 Å². The molecule has 1 atom stereocenters. The van der Waals surface area contributed by atoms with Gasteiger partial charge in [0, 0.05) is 13.2 Å². The molecule has 8 heteroatoms. The quantitative estimate of drug-likeness (QED) is 0.293. The van der Waals surface area contributed by atoms with Gasteiger partial charge >= 0.3 is 0 Å². The standard InChI is InChI=1S/C14H21NO2S.C13H18O4/c1-3-10-17-14-12(16-11-5-4-9-15)7-6-8-13(14)18-2;1-14-11-7-9(10-5-4-6-17-10)8-12(15-2)13(11)16-3/h4-8H,3,9-11,15H2,1-2H3;7-8,10H,4-6H2,1-3H3/b5-4+;. The molecule has 1 saturated heterocycles. The first-order valence-electron chi connectivity index (χ1n) is 11.8. The summed E-state index contributed by atoms with van der Waals surface area (Å²) in [6, 6.07) is 9.86. The second-order valence-corrected chi connectivity index (χ2v) is 8.46. The van der Waals surface area contributed by atoms with E-state index >= 15 is 0 Å². The number of ether oxygens (including phenoxy) is 6. The minimum atomic E-state index is 0.142. The Kier molecular flexibility index (Phi) is 13.3. The van der Waals surface area contributed by atoms with Crippen molar-refractivity contribution in [1.29, 1.82) is 0 Å². The van der Waals surface area contributed by atoms with Gasteiger partial charge in [0.15, 0.2) is 23.0 Å². The van der Waals surface area contributed by atoms with Crippen LogP contribution in [0.5, 0.6) is 28.7 Å². The van der Waals surface area contributed by atoms with E-state index in [0.29, 0.717) is 37.0 Å². The Morgan fingerprint density at radius 2 is 1.74 bits per heavy atom. The molecular formula is C27H39NO6S. The number of methoxy groups -OCH3 is 3. The first-order valence-corrected chi connectivity index (χ1v) is 13.0. The van der Waals surface area contributed by atoms with Gasteiger partial charge in [-0.3, -0.25) is 0 Å². The minimum absolute atomic E-state index is 0.142. The van der Waals surface area contributed by atoms with Crippen LogP contribution in [0.1, 0.15) is 37.9 Å². The van der Waals surface area contributed by atoms with Gasteiger partial charge in [0.1, 0.15) is 6.61 Å². The minimum Gasteiger partial charge on any atom is -0.493 e. The molecule has 1 unspecified atom stereocenters. The summed E-state index contributed by atoms with van der Waals surface area (Å²) in [6.45, 7) is 4.66. The van der Waals surface area contributed by atoms with Gasteiger partial charge in [0.05, 0.1) is 38.9 Å². The van der Waals surface area contributed by atoms with E-state index in [1.54, 1.807) is 33.1 Å². The van der Waals surface area contributed by atoms with Crippen molar-refractivity contribution in [2.45, 2.75) is 37.2 Å². The number of hydrogen-bond donors (Lipinski definition) is 1. The molecule has 2 N–H and O–H groups in total. The maximum Gasteiger partial charge on any atom is 0.203 e. The van der Waals surface area contributed by atoms with E-state index in [1.807, 2.05) is 48.7 Å². The Balaban J connectivity index is 0.000000247. The summed E-state index contributed by atoms with van der Waals surface area (Å²) in [5.41, 5.74) is 6.46. The predicted octanol–water partition coefficient (Wildman–Crippen LogP) is 5.65. The molecule has 0 aromatic heterocycles. The maximum absolute atomic E-state index is 5.77. The molecule has 0 aliphatic carbocycles. The first-order chi connectivity index (χ1) is 17.1. The van der Waals surface area contributed by atoms with E-state index in [1.165, 1.54) is 0 Å². The van der Waals surface area contributed by atoms with Crippen molar-refractivity contribution < 1.29 is 28.4 Å². The van der Waals surface area contributed by atoms with Gasteiger partial charge in [0.25, 0.3) is 0 Å². The highest BCUT2D eigenvalue weighted by Gasteiger charge is 2.22. The molecule has 0 saturated carbocycles. The fraction of sp³-hybridized carbons (Fsp3) is 0.481. The lowest BCUT2D eigenvalue weighted by Gasteiger charge is -2.16. The zero-order chi connectivity index (χ0) is 25.5. The smallest absolute Gasteiger partial charge is 0.203 e. The Morgan fingerprint density at radius 3 is 2.29 bits per heavy atom. The molecule has 1 fully saturated rings. The highest BCUT2D eigenvalue weighted by Crippen LogP contribution is 2.42. The number of thioether (sulfide) groups is 1. The topological polar surface area (TPSA) is 81.4 Å². The van der Waals surface area contributed by atoms with Crippen LogP contribution in [-0.2, 0) is 4.74 Å². The maximum atomic E-state index is 5.77. The lowest BCUT2D eigenvalue weighted by Crippen LogP contribution is -2.02. The van der Waals surface area contributed by atoms with Crippen LogP contribution in [0.4, 0.5) is 0 Å². The lowest BCUT2D eigenvalue weighted by atomic mass is 10.1. The van der Waals surface area contributed by atoms with E-state index in [0.717, 1.165) is 47.8 Å². The molecule has 2 aromatic rings. The molecule has 1 aliphatic rings. The SMILES string of the molecule is CCCOc1c(OC/C=C/CN)cccc1SC.COc1cc(C2CCCO2)cc(OC)c1OC. The molecule has 0 radical (unpaired) electrons. The summed E-state index contributed by atoms with van der Waals surface area (Å²) in [4.78, 5) is 1.10. The molecule has 1 aliphatic heterocycles. The van der Waals surface area contributed by atoms with Crippen LogP contribution in [0.15, 0.2) is 47.4 Å². The van der Waals surface area contributed by atoms with Crippen LogP contribution in [0, 0.1) is 0 Å². The second-order valence-electron chi connectivity index (χ2n) is 7.61. The molecule has 0 amide bonds. The fourth-order valence-corrected chi connectivity index (χ4v) is 4.11. The van der Waals surface area contributed by atoms with Gasteiger partial charge in [-0.2, -0.15) is 0 Å². The van der Waals surface area contributed by atoms with Crippen LogP contribution in [0.2, 0.25) is 0 Å². The predicted molar refractivity (Wildman–Crippen MR) is 142 cm³/mol. The highest BCUT2D eigenvalue weighted by molar-refractivity contribution is 7.98. The molecule has 7 nitrogen and oxygen atoms in total. The van der Waals surface area contributed by atoms with Gasteiger partial charge in [-0.1, -0.05) is 25.1 Å². The summed E-state index contributed by atoms with van der Waals surface area (Å²) in [5, 5.41) is 0. The summed E-state index contributed by atoms with van der Waals surface area (Å²) >= 11 is 1.66. The van der Waals surface area contributed by atoms with Crippen LogP contribution in [-0.4, -0.2) is 54.0 Å². The Bertz CT molecular complexity index is 890. The fourth-order valence-electron chi connectivity index (χ4n) is 3.55. The average molecular weight is 506 g/mol. The number of rotatable bonds is 12. The van der Waals surface area contributed by atoms with Crippen LogP contribution >= 0.6 is 11.8 Å². The average Bonchev–Trinajstić information content (AvgIpc) is 3.44. The van der Waals surface area contributed by atoms with Crippen molar-refractivity contribution in [2.75, 3.05) is 54.0 Å². The van der Waals surface area contributed by atoms with Crippen molar-refractivity contribution in [2.24, 2.45) is 5.73 Å². The monoisotopic (exact) mass is 505 g/mol. The van der Waals surface area contributed by atoms with Crippen molar-refractivity contribution >= 4 is 11.8 Å². The van der Waals surface area contributed by atoms with Crippen LogP contribution in [0.25, 0.3) is 0 Å². The molecular weight excluding hydrogens is 466 g/mol. The lowest BCUT2D eigenvalue weighted by molar-refractivity contribution is 0.111. The third-order valence-corrected chi connectivity index (χ3v) is 6.00. The van der Waals surface area contributed by atoms with Crippen molar-refractivity contribution in [3.8, 4) is 28.7 Å². The third-order valence-electron chi connectivity index (χ3n) is 5.24. The highest BCUT2D eigenvalue weighted by atomic mass is 32.2. The van der Waals surface area contributed by atoms with Gasteiger partial charge in [-0.15, -0.1) is 11.8 Å². The summed E-state index contributed by atoms with van der Waals surface area (Å²) in [6.07, 6.45) is 9.09.